The largest absolute Gasteiger partial charge is 0.477 e. The maximum absolute atomic E-state index is 10.9. The quantitative estimate of drug-likeness (QED) is 0.639. The van der Waals surface area contributed by atoms with Crippen molar-refractivity contribution in [3.8, 4) is 0 Å². The second kappa shape index (κ2) is 6.56. The fraction of sp³-hybridized carbons (Fsp3) is 0.533. The van der Waals surface area contributed by atoms with E-state index in [0.29, 0.717) is 11.6 Å². The molecular weight excluding hydrogens is 272 g/mol. The number of carboxylic acid groups (broad SMARTS) is 1. The van der Waals surface area contributed by atoms with Crippen LogP contribution < -0.4 is 5.32 Å². The Morgan fingerprint density at radius 3 is 2.62 bits per heavy atom. The highest BCUT2D eigenvalue weighted by molar-refractivity contribution is 5.93. The van der Waals surface area contributed by atoms with Crippen molar-refractivity contribution in [2.45, 2.75) is 32.6 Å². The molecule has 0 saturated heterocycles. The first-order chi connectivity index (χ1) is 9.97. The van der Waals surface area contributed by atoms with Crippen LogP contribution in [0.1, 0.15) is 43.0 Å². The first kappa shape index (κ1) is 15.3. The number of carboxylic acids is 1. The Morgan fingerprint density at radius 2 is 2.05 bits per heavy atom. The van der Waals surface area contributed by atoms with E-state index in [-0.39, 0.29) is 11.3 Å². The average Bonchev–Trinajstić information content (AvgIpc) is 2.46. The Labute approximate surface area is 123 Å². The Bertz CT molecular complexity index is 536. The summed E-state index contributed by atoms with van der Waals surface area (Å²) in [6.07, 6.45) is 4.79. The molecule has 2 rings (SSSR count). The zero-order chi connectivity index (χ0) is 15.4. The maximum atomic E-state index is 10.9. The molecule has 0 atom stereocenters. The second-order valence-corrected chi connectivity index (χ2v) is 5.80. The molecule has 0 spiro atoms. The van der Waals surface area contributed by atoms with Crippen LogP contribution in [0.5, 0.6) is 0 Å². The summed E-state index contributed by atoms with van der Waals surface area (Å²) in [4.78, 5) is 21.2. The SMILES string of the molecule is CC1CCC(CNc2ccc(C(=O)O)c([N+](=O)[O-])c2)CC1. The van der Waals surface area contributed by atoms with Gasteiger partial charge in [-0.05, 0) is 36.8 Å². The maximum Gasteiger partial charge on any atom is 0.342 e. The molecule has 0 bridgehead atoms. The zero-order valence-corrected chi connectivity index (χ0v) is 12.0. The number of rotatable bonds is 5. The molecule has 0 radical (unpaired) electrons. The minimum Gasteiger partial charge on any atom is -0.477 e. The van der Waals surface area contributed by atoms with Crippen LogP contribution >= 0.6 is 0 Å². The molecule has 21 heavy (non-hydrogen) atoms. The molecule has 6 heteroatoms. The molecule has 0 unspecified atom stereocenters. The molecule has 0 amide bonds. The molecule has 1 aromatic carbocycles. The first-order valence-electron chi connectivity index (χ1n) is 7.23. The number of nitrogens with zero attached hydrogens (tertiary/aromatic N) is 1. The fourth-order valence-electron chi connectivity index (χ4n) is 2.77. The molecule has 6 nitrogen and oxygen atoms in total. The summed E-state index contributed by atoms with van der Waals surface area (Å²) in [6.45, 7) is 3.04. The molecule has 1 aromatic rings. The second-order valence-electron chi connectivity index (χ2n) is 5.80. The van der Waals surface area contributed by atoms with Gasteiger partial charge in [0.25, 0.3) is 5.69 Å². The molecule has 1 aliphatic rings. The van der Waals surface area contributed by atoms with Crippen molar-refractivity contribution < 1.29 is 14.8 Å². The van der Waals surface area contributed by atoms with E-state index in [1.165, 1.54) is 37.8 Å². The number of carbonyl (C=O) groups is 1. The highest BCUT2D eigenvalue weighted by Crippen LogP contribution is 2.29. The number of hydrogen-bond acceptors (Lipinski definition) is 4. The highest BCUT2D eigenvalue weighted by atomic mass is 16.6. The number of nitro benzene ring substituents is 1. The number of aromatic carboxylic acids is 1. The van der Waals surface area contributed by atoms with Crippen LogP contribution in [-0.4, -0.2) is 22.5 Å². The summed E-state index contributed by atoms with van der Waals surface area (Å²) < 4.78 is 0. The number of anilines is 1. The van der Waals surface area contributed by atoms with Gasteiger partial charge in [0.1, 0.15) is 5.56 Å². The summed E-state index contributed by atoms with van der Waals surface area (Å²) in [7, 11) is 0. The summed E-state index contributed by atoms with van der Waals surface area (Å²) in [5, 5.41) is 23.1. The van der Waals surface area contributed by atoms with Crippen LogP contribution in [0.15, 0.2) is 18.2 Å². The number of nitro groups is 1. The van der Waals surface area contributed by atoms with Crippen LogP contribution in [-0.2, 0) is 0 Å². The van der Waals surface area contributed by atoms with Gasteiger partial charge in [0.05, 0.1) is 4.92 Å². The standard InChI is InChI=1S/C15H20N2O4/c1-10-2-4-11(5-3-10)9-16-12-6-7-13(15(18)19)14(8-12)17(20)21/h6-8,10-11,16H,2-5,9H2,1H3,(H,18,19). The Kier molecular flexibility index (Phi) is 4.77. The van der Waals surface area contributed by atoms with E-state index in [1.807, 2.05) is 0 Å². The number of hydrogen-bond donors (Lipinski definition) is 2. The van der Waals surface area contributed by atoms with Crippen LogP contribution in [0.3, 0.4) is 0 Å². The van der Waals surface area contributed by atoms with Gasteiger partial charge in [0.15, 0.2) is 0 Å². The topological polar surface area (TPSA) is 92.5 Å². The van der Waals surface area contributed by atoms with Gasteiger partial charge in [-0.25, -0.2) is 4.79 Å². The van der Waals surface area contributed by atoms with E-state index in [1.54, 1.807) is 6.07 Å². The van der Waals surface area contributed by atoms with Crippen molar-refractivity contribution >= 4 is 17.3 Å². The Hall–Kier alpha value is -2.11. The van der Waals surface area contributed by atoms with Gasteiger partial charge in [-0.1, -0.05) is 19.8 Å². The number of nitrogens with one attached hydrogen (secondary N) is 1. The molecule has 1 saturated carbocycles. The van der Waals surface area contributed by atoms with Gasteiger partial charge < -0.3 is 10.4 Å². The molecule has 0 aliphatic heterocycles. The first-order valence-corrected chi connectivity index (χ1v) is 7.23. The van der Waals surface area contributed by atoms with Crippen molar-refractivity contribution in [3.63, 3.8) is 0 Å². The van der Waals surface area contributed by atoms with Gasteiger partial charge in [-0.2, -0.15) is 0 Å². The third-order valence-electron chi connectivity index (χ3n) is 4.16. The van der Waals surface area contributed by atoms with E-state index in [0.717, 1.165) is 12.5 Å². The Balaban J connectivity index is 2.02. The summed E-state index contributed by atoms with van der Waals surface area (Å²) in [6, 6.07) is 4.17. The summed E-state index contributed by atoms with van der Waals surface area (Å²) in [5.74, 6) is 0.0890. The lowest BCUT2D eigenvalue weighted by Gasteiger charge is -2.26. The van der Waals surface area contributed by atoms with E-state index < -0.39 is 10.9 Å². The van der Waals surface area contributed by atoms with Gasteiger partial charge in [-0.3, -0.25) is 10.1 Å². The van der Waals surface area contributed by atoms with Crippen LogP contribution in [0.4, 0.5) is 11.4 Å². The molecule has 1 aliphatic carbocycles. The van der Waals surface area contributed by atoms with Crippen LogP contribution in [0, 0.1) is 22.0 Å². The smallest absolute Gasteiger partial charge is 0.342 e. The lowest BCUT2D eigenvalue weighted by Crippen LogP contribution is -2.20. The Morgan fingerprint density at radius 1 is 1.38 bits per heavy atom. The third kappa shape index (κ3) is 3.93. The van der Waals surface area contributed by atoms with Gasteiger partial charge >= 0.3 is 5.97 Å². The molecule has 0 aromatic heterocycles. The predicted molar refractivity (Wildman–Crippen MR) is 79.7 cm³/mol. The minimum absolute atomic E-state index is 0.281. The van der Waals surface area contributed by atoms with Crippen LogP contribution in [0.2, 0.25) is 0 Å². The lowest BCUT2D eigenvalue weighted by molar-refractivity contribution is -0.385. The molecule has 1 fully saturated rings. The highest BCUT2D eigenvalue weighted by Gasteiger charge is 2.21. The molecular formula is C15H20N2O4. The van der Waals surface area contributed by atoms with E-state index in [9.17, 15) is 14.9 Å². The molecule has 114 valence electrons. The van der Waals surface area contributed by atoms with Gasteiger partial charge in [0, 0.05) is 18.3 Å². The number of benzene rings is 1. The fourth-order valence-corrected chi connectivity index (χ4v) is 2.77. The third-order valence-corrected chi connectivity index (χ3v) is 4.16. The summed E-state index contributed by atoms with van der Waals surface area (Å²) >= 11 is 0. The monoisotopic (exact) mass is 292 g/mol. The predicted octanol–water partition coefficient (Wildman–Crippen LogP) is 3.53. The normalized spacial score (nSPS) is 21.8. The van der Waals surface area contributed by atoms with Crippen molar-refractivity contribution in [2.75, 3.05) is 11.9 Å². The lowest BCUT2D eigenvalue weighted by atomic mass is 9.83. The van der Waals surface area contributed by atoms with E-state index in [4.69, 9.17) is 5.11 Å². The molecule has 2 N–H and O–H groups in total. The zero-order valence-electron chi connectivity index (χ0n) is 12.0. The van der Waals surface area contributed by atoms with Gasteiger partial charge in [-0.15, -0.1) is 0 Å². The van der Waals surface area contributed by atoms with E-state index >= 15 is 0 Å². The molecule has 0 heterocycles. The van der Waals surface area contributed by atoms with Crippen molar-refractivity contribution in [1.29, 1.82) is 0 Å². The van der Waals surface area contributed by atoms with Crippen molar-refractivity contribution in [1.82, 2.24) is 0 Å². The van der Waals surface area contributed by atoms with Crippen LogP contribution in [0.25, 0.3) is 0 Å². The van der Waals surface area contributed by atoms with Gasteiger partial charge in [0.2, 0.25) is 0 Å². The van der Waals surface area contributed by atoms with Crippen molar-refractivity contribution in [2.24, 2.45) is 11.8 Å². The summed E-state index contributed by atoms with van der Waals surface area (Å²) in [5.41, 5.74) is -0.0490. The minimum atomic E-state index is -1.28. The van der Waals surface area contributed by atoms with Crippen molar-refractivity contribution in [3.05, 3.63) is 33.9 Å². The van der Waals surface area contributed by atoms with E-state index in [2.05, 4.69) is 12.2 Å². The average molecular weight is 292 g/mol.